The van der Waals surface area contributed by atoms with Gasteiger partial charge in [0, 0.05) is 25.2 Å². The van der Waals surface area contributed by atoms with Crippen molar-refractivity contribution in [3.8, 4) is 0 Å². The molecule has 10 nitrogen and oxygen atoms in total. The van der Waals surface area contributed by atoms with Crippen molar-refractivity contribution in [3.63, 3.8) is 0 Å². The molecule has 2 heterocycles. The summed E-state index contributed by atoms with van der Waals surface area (Å²) < 4.78 is 4.94. The van der Waals surface area contributed by atoms with E-state index in [0.29, 0.717) is 25.0 Å². The van der Waals surface area contributed by atoms with Crippen LogP contribution in [0, 0.1) is 10.1 Å². The Morgan fingerprint density at radius 1 is 1.30 bits per heavy atom. The van der Waals surface area contributed by atoms with Gasteiger partial charge < -0.3 is 4.42 Å². The van der Waals surface area contributed by atoms with E-state index in [4.69, 9.17) is 4.42 Å². The smallest absolute Gasteiger partial charge is 0.400 e. The molecule has 0 bridgehead atoms. The average Bonchev–Trinajstić information content (AvgIpc) is 3.15. The first kappa shape index (κ1) is 20.6. The van der Waals surface area contributed by atoms with Crippen molar-refractivity contribution < 1.29 is 18.9 Å². The molecule has 1 aliphatic heterocycles. The molecule has 1 saturated heterocycles. The largest absolute Gasteiger partial charge is 0.433 e. The van der Waals surface area contributed by atoms with Crippen LogP contribution >= 0.6 is 0 Å². The first-order chi connectivity index (χ1) is 12.7. The molecule has 0 spiro atoms. The summed E-state index contributed by atoms with van der Waals surface area (Å²) in [6.07, 6.45) is 1.86. The van der Waals surface area contributed by atoms with Crippen molar-refractivity contribution >= 4 is 24.0 Å². The lowest BCUT2D eigenvalue weighted by atomic mass is 10.2. The van der Waals surface area contributed by atoms with Gasteiger partial charge in [-0.15, -0.1) is 0 Å². The predicted octanol–water partition coefficient (Wildman–Crippen LogP) is 2.29. The lowest BCUT2D eigenvalue weighted by Gasteiger charge is -2.30. The molecule has 1 aliphatic rings. The van der Waals surface area contributed by atoms with E-state index in [0.717, 1.165) is 11.6 Å². The molecule has 0 radical (unpaired) electrons. The fourth-order valence-electron chi connectivity index (χ4n) is 3.00. The zero-order valence-electron chi connectivity index (χ0n) is 16.0. The summed E-state index contributed by atoms with van der Waals surface area (Å²) in [5.41, 5.74) is 0. The normalized spacial score (nSPS) is 15.4. The van der Waals surface area contributed by atoms with E-state index >= 15 is 0 Å². The van der Waals surface area contributed by atoms with Crippen molar-refractivity contribution in [2.45, 2.75) is 46.2 Å². The van der Waals surface area contributed by atoms with E-state index in [2.05, 4.69) is 37.7 Å². The summed E-state index contributed by atoms with van der Waals surface area (Å²) >= 11 is 0. The van der Waals surface area contributed by atoms with Gasteiger partial charge >= 0.3 is 11.9 Å². The molecule has 1 aromatic heterocycles. The van der Waals surface area contributed by atoms with Crippen LogP contribution in [-0.4, -0.2) is 69.6 Å². The lowest BCUT2D eigenvalue weighted by molar-refractivity contribution is -0.402. The minimum atomic E-state index is -0.665. The fraction of sp³-hybridized carbons (Fsp3) is 0.588. The standard InChI is InChI=1S/C17H25N5O5/c1-12(2)19(13(3)4)8-5-9-20-15(23)11-21(17(20)24)18-10-14-6-7-16(27-14)22(25)26/h6-7,10,12-13H,5,8-9,11H2,1-4H3. The van der Waals surface area contributed by atoms with Crippen LogP contribution in [0.15, 0.2) is 21.7 Å². The number of imide groups is 1. The van der Waals surface area contributed by atoms with Crippen LogP contribution in [0.25, 0.3) is 0 Å². The number of carbonyl (C=O) groups is 2. The molecular formula is C17H25N5O5. The molecule has 0 aliphatic carbocycles. The van der Waals surface area contributed by atoms with Gasteiger partial charge in [-0.2, -0.15) is 5.10 Å². The Morgan fingerprint density at radius 2 is 1.96 bits per heavy atom. The van der Waals surface area contributed by atoms with Crippen molar-refractivity contribution in [1.29, 1.82) is 0 Å². The van der Waals surface area contributed by atoms with Crippen LogP contribution in [0.4, 0.5) is 10.7 Å². The zero-order chi connectivity index (χ0) is 20.1. The number of hydrogen-bond acceptors (Lipinski definition) is 7. The average molecular weight is 379 g/mol. The van der Waals surface area contributed by atoms with E-state index in [1.54, 1.807) is 0 Å². The topological polar surface area (TPSA) is 112 Å². The minimum Gasteiger partial charge on any atom is -0.400 e. The molecule has 2 rings (SSSR count). The van der Waals surface area contributed by atoms with E-state index in [1.807, 2.05) is 0 Å². The maximum Gasteiger partial charge on any atom is 0.433 e. The highest BCUT2D eigenvalue weighted by Crippen LogP contribution is 2.16. The highest BCUT2D eigenvalue weighted by atomic mass is 16.6. The second-order valence-electron chi connectivity index (χ2n) is 6.84. The van der Waals surface area contributed by atoms with Gasteiger partial charge in [0.05, 0.1) is 12.3 Å². The third-order valence-electron chi connectivity index (χ3n) is 4.28. The summed E-state index contributed by atoms with van der Waals surface area (Å²) in [4.78, 5) is 37.9. The van der Waals surface area contributed by atoms with Gasteiger partial charge in [-0.3, -0.25) is 24.7 Å². The van der Waals surface area contributed by atoms with Gasteiger partial charge in [0.2, 0.25) is 0 Å². The maximum atomic E-state index is 12.4. The lowest BCUT2D eigenvalue weighted by Crippen LogP contribution is -2.40. The Bertz CT molecular complexity index is 719. The van der Waals surface area contributed by atoms with Crippen molar-refractivity contribution in [3.05, 3.63) is 28.0 Å². The molecule has 148 valence electrons. The van der Waals surface area contributed by atoms with Gasteiger partial charge in [0.1, 0.15) is 11.5 Å². The zero-order valence-corrected chi connectivity index (χ0v) is 16.0. The molecule has 1 fully saturated rings. The predicted molar refractivity (Wildman–Crippen MR) is 98.4 cm³/mol. The number of hydrazone groups is 1. The molecule has 0 N–H and O–H groups in total. The van der Waals surface area contributed by atoms with Crippen molar-refractivity contribution in [1.82, 2.24) is 14.8 Å². The molecule has 0 atom stereocenters. The molecule has 27 heavy (non-hydrogen) atoms. The highest BCUT2D eigenvalue weighted by molar-refractivity contribution is 6.02. The Hall–Kier alpha value is -2.75. The number of furan rings is 1. The fourth-order valence-corrected chi connectivity index (χ4v) is 3.00. The second kappa shape index (κ2) is 8.76. The van der Waals surface area contributed by atoms with Crippen LogP contribution in [0.3, 0.4) is 0 Å². The summed E-state index contributed by atoms with van der Waals surface area (Å²) in [5, 5.41) is 15.5. The Kier molecular flexibility index (Phi) is 6.67. The first-order valence-corrected chi connectivity index (χ1v) is 8.86. The Balaban J connectivity index is 1.92. The van der Waals surface area contributed by atoms with Crippen LogP contribution < -0.4 is 0 Å². The summed E-state index contributed by atoms with van der Waals surface area (Å²) in [7, 11) is 0. The van der Waals surface area contributed by atoms with E-state index in [9.17, 15) is 19.7 Å². The maximum absolute atomic E-state index is 12.4. The molecule has 10 heteroatoms. The summed E-state index contributed by atoms with van der Waals surface area (Å²) in [6.45, 7) is 9.40. The third kappa shape index (κ3) is 5.13. The summed E-state index contributed by atoms with van der Waals surface area (Å²) in [6, 6.07) is 2.83. The molecule has 0 aromatic carbocycles. The summed E-state index contributed by atoms with van der Waals surface area (Å²) in [5.74, 6) is -0.602. The van der Waals surface area contributed by atoms with Gasteiger partial charge in [-0.25, -0.2) is 9.80 Å². The number of amides is 3. The molecule has 0 saturated carbocycles. The van der Waals surface area contributed by atoms with Crippen molar-refractivity contribution in [2.24, 2.45) is 5.10 Å². The highest BCUT2D eigenvalue weighted by Gasteiger charge is 2.35. The first-order valence-electron chi connectivity index (χ1n) is 8.86. The number of hydrogen-bond donors (Lipinski definition) is 0. The Labute approximate surface area is 157 Å². The quantitative estimate of drug-likeness (QED) is 0.282. The molecular weight excluding hydrogens is 354 g/mol. The van der Waals surface area contributed by atoms with Gasteiger partial charge in [0.25, 0.3) is 5.91 Å². The molecule has 1 aromatic rings. The third-order valence-corrected chi connectivity index (χ3v) is 4.28. The van der Waals surface area contributed by atoms with E-state index < -0.39 is 16.8 Å². The SMILES string of the molecule is CC(C)N(CCCN1C(=O)CN(N=Cc2ccc([N+](=O)[O-])o2)C1=O)C(C)C. The second-order valence-corrected chi connectivity index (χ2v) is 6.84. The van der Waals surface area contributed by atoms with E-state index in [-0.39, 0.29) is 18.2 Å². The van der Waals surface area contributed by atoms with Crippen molar-refractivity contribution in [2.75, 3.05) is 19.6 Å². The van der Waals surface area contributed by atoms with Crippen LogP contribution in [0.1, 0.15) is 39.9 Å². The Morgan fingerprint density at radius 3 is 2.52 bits per heavy atom. The number of nitrogens with zero attached hydrogens (tertiary/aromatic N) is 5. The monoisotopic (exact) mass is 379 g/mol. The number of nitro groups is 1. The molecule has 0 unspecified atom stereocenters. The van der Waals surface area contributed by atoms with Gasteiger partial charge in [0.15, 0.2) is 5.76 Å². The van der Waals surface area contributed by atoms with Crippen LogP contribution in [0.5, 0.6) is 0 Å². The van der Waals surface area contributed by atoms with Gasteiger partial charge in [-0.05, 0) is 40.2 Å². The van der Waals surface area contributed by atoms with E-state index in [1.165, 1.54) is 23.2 Å². The van der Waals surface area contributed by atoms with Crippen LogP contribution in [-0.2, 0) is 4.79 Å². The molecule has 3 amide bonds. The minimum absolute atomic E-state index is 0.130. The van der Waals surface area contributed by atoms with Gasteiger partial charge in [-0.1, -0.05) is 0 Å². The number of carbonyl (C=O) groups excluding carboxylic acids is 2. The number of rotatable bonds is 9. The number of urea groups is 1. The van der Waals surface area contributed by atoms with Crippen LogP contribution in [0.2, 0.25) is 0 Å².